The first-order valence-corrected chi connectivity index (χ1v) is 6.05. The number of benzene rings is 1. The third-order valence-electron chi connectivity index (χ3n) is 1.91. The molecule has 0 bridgehead atoms. The van der Waals surface area contributed by atoms with E-state index >= 15 is 0 Å². The number of carbonyl (C=O) groups excluding carboxylic acids is 2. The number of hydrogen-bond acceptors (Lipinski definition) is 5. The van der Waals surface area contributed by atoms with Crippen LogP contribution in [0.25, 0.3) is 0 Å². The summed E-state index contributed by atoms with van der Waals surface area (Å²) in [5.74, 6) is -0.291. The van der Waals surface area contributed by atoms with Gasteiger partial charge in [0.15, 0.2) is 5.25 Å². The average Bonchev–Trinajstić information content (AvgIpc) is 2.18. The van der Waals surface area contributed by atoms with Crippen molar-refractivity contribution in [2.75, 3.05) is 0 Å². The van der Waals surface area contributed by atoms with Gasteiger partial charge in [0.05, 0.1) is 0 Å². The minimum Gasteiger partial charge on any atom is -0.427 e. The van der Waals surface area contributed by atoms with E-state index in [0.717, 1.165) is 0 Å². The first-order chi connectivity index (χ1) is 7.84. The number of carbonyl (C=O) groups is 2. The standard InChI is InChI=1S/C10H10O6S/c1-7(12)16-9-4-2-8(3-5-9)10(6-11)17(13,14)15/h2-6,10H,1H3,(H,13,14,15). The van der Waals surface area contributed by atoms with Crippen molar-refractivity contribution < 1.29 is 27.3 Å². The van der Waals surface area contributed by atoms with Crippen molar-refractivity contribution in [1.82, 2.24) is 0 Å². The Morgan fingerprint density at radius 1 is 1.35 bits per heavy atom. The molecule has 6 nitrogen and oxygen atoms in total. The second kappa shape index (κ2) is 5.07. The highest BCUT2D eigenvalue weighted by atomic mass is 32.2. The van der Waals surface area contributed by atoms with Gasteiger partial charge in [-0.05, 0) is 17.7 Å². The smallest absolute Gasteiger partial charge is 0.308 e. The van der Waals surface area contributed by atoms with Crippen LogP contribution in [0.15, 0.2) is 24.3 Å². The summed E-state index contributed by atoms with van der Waals surface area (Å²) >= 11 is 0. The van der Waals surface area contributed by atoms with Gasteiger partial charge in [-0.1, -0.05) is 12.1 Å². The highest BCUT2D eigenvalue weighted by molar-refractivity contribution is 7.86. The fourth-order valence-corrected chi connectivity index (χ4v) is 1.85. The largest absolute Gasteiger partial charge is 0.427 e. The van der Waals surface area contributed by atoms with Crippen molar-refractivity contribution in [3.05, 3.63) is 29.8 Å². The van der Waals surface area contributed by atoms with Crippen molar-refractivity contribution in [3.63, 3.8) is 0 Å². The molecule has 0 spiro atoms. The number of hydrogen-bond donors (Lipinski definition) is 1. The average molecular weight is 258 g/mol. The second-order valence-corrected chi connectivity index (χ2v) is 4.77. The van der Waals surface area contributed by atoms with Gasteiger partial charge in [-0.15, -0.1) is 0 Å². The molecule has 0 heterocycles. The summed E-state index contributed by atoms with van der Waals surface area (Å²) in [5, 5.41) is -1.63. The Balaban J connectivity index is 3.01. The predicted molar refractivity (Wildman–Crippen MR) is 58.1 cm³/mol. The van der Waals surface area contributed by atoms with Gasteiger partial charge in [0, 0.05) is 6.92 Å². The number of ether oxygens (including phenoxy) is 1. The summed E-state index contributed by atoms with van der Waals surface area (Å²) in [4.78, 5) is 21.2. The van der Waals surface area contributed by atoms with Crippen LogP contribution in [0.1, 0.15) is 17.7 Å². The van der Waals surface area contributed by atoms with E-state index in [-0.39, 0.29) is 17.6 Å². The van der Waals surface area contributed by atoms with Gasteiger partial charge in [-0.3, -0.25) is 9.35 Å². The zero-order chi connectivity index (χ0) is 13.1. The van der Waals surface area contributed by atoms with Crippen LogP contribution in [-0.2, 0) is 19.7 Å². The molecule has 0 aliphatic heterocycles. The molecular weight excluding hydrogens is 248 g/mol. The lowest BCUT2D eigenvalue weighted by Gasteiger charge is -2.08. The first kappa shape index (κ1) is 13.3. The third kappa shape index (κ3) is 3.65. The Morgan fingerprint density at radius 3 is 2.24 bits per heavy atom. The quantitative estimate of drug-likeness (QED) is 0.370. The fourth-order valence-electron chi connectivity index (χ4n) is 1.21. The van der Waals surface area contributed by atoms with Gasteiger partial charge < -0.3 is 9.53 Å². The van der Waals surface area contributed by atoms with E-state index in [1.54, 1.807) is 0 Å². The molecule has 0 aliphatic carbocycles. The van der Waals surface area contributed by atoms with Crippen LogP contribution in [0.5, 0.6) is 5.75 Å². The minimum absolute atomic E-state index is 0.0957. The van der Waals surface area contributed by atoms with E-state index in [1.165, 1.54) is 31.2 Å². The van der Waals surface area contributed by atoms with Crippen LogP contribution < -0.4 is 4.74 Å². The van der Waals surface area contributed by atoms with Gasteiger partial charge >= 0.3 is 5.97 Å². The third-order valence-corrected chi connectivity index (χ3v) is 2.94. The Bertz CT molecular complexity index is 516. The van der Waals surface area contributed by atoms with Crippen LogP contribution in [0.3, 0.4) is 0 Å². The molecule has 0 amide bonds. The van der Waals surface area contributed by atoms with E-state index in [9.17, 15) is 18.0 Å². The molecule has 92 valence electrons. The Kier molecular flexibility index (Phi) is 3.97. The monoisotopic (exact) mass is 258 g/mol. The molecular formula is C10H10O6S. The molecule has 1 aromatic carbocycles. The lowest BCUT2D eigenvalue weighted by Crippen LogP contribution is -2.13. The maximum atomic E-state index is 10.9. The van der Waals surface area contributed by atoms with Crippen LogP contribution in [0, 0.1) is 0 Å². The lowest BCUT2D eigenvalue weighted by molar-refractivity contribution is -0.131. The molecule has 7 heteroatoms. The van der Waals surface area contributed by atoms with E-state index < -0.39 is 21.3 Å². The second-order valence-electron chi connectivity index (χ2n) is 3.23. The molecule has 1 N–H and O–H groups in total. The topological polar surface area (TPSA) is 97.7 Å². The van der Waals surface area contributed by atoms with E-state index in [2.05, 4.69) is 0 Å². The molecule has 17 heavy (non-hydrogen) atoms. The van der Waals surface area contributed by atoms with Gasteiger partial charge in [0.25, 0.3) is 10.1 Å². The van der Waals surface area contributed by atoms with Crippen LogP contribution in [-0.4, -0.2) is 25.2 Å². The highest BCUT2D eigenvalue weighted by Crippen LogP contribution is 2.22. The predicted octanol–water partition coefficient (Wildman–Crippen LogP) is 0.740. The number of aldehydes is 1. The van der Waals surface area contributed by atoms with Gasteiger partial charge in [-0.25, -0.2) is 0 Å². The summed E-state index contributed by atoms with van der Waals surface area (Å²) < 4.78 is 35.3. The summed E-state index contributed by atoms with van der Waals surface area (Å²) in [7, 11) is -4.48. The fraction of sp³-hybridized carbons (Fsp3) is 0.200. The Hall–Kier alpha value is -1.73. The number of rotatable bonds is 4. The molecule has 1 unspecified atom stereocenters. The molecule has 1 aromatic rings. The van der Waals surface area contributed by atoms with Crippen molar-refractivity contribution in [2.45, 2.75) is 12.2 Å². The summed E-state index contributed by atoms with van der Waals surface area (Å²) in [6.45, 7) is 1.22. The van der Waals surface area contributed by atoms with Crippen molar-refractivity contribution in [3.8, 4) is 5.75 Å². The first-order valence-electron chi connectivity index (χ1n) is 4.54. The van der Waals surface area contributed by atoms with Crippen molar-refractivity contribution in [2.24, 2.45) is 0 Å². The molecule has 0 aliphatic rings. The maximum Gasteiger partial charge on any atom is 0.308 e. The zero-order valence-corrected chi connectivity index (χ0v) is 9.68. The van der Waals surface area contributed by atoms with Crippen molar-refractivity contribution >= 4 is 22.4 Å². The molecule has 0 aromatic heterocycles. The summed E-state index contributed by atoms with van der Waals surface area (Å²) in [5.41, 5.74) is 0.0957. The van der Waals surface area contributed by atoms with Crippen LogP contribution in [0.2, 0.25) is 0 Å². The van der Waals surface area contributed by atoms with Crippen LogP contribution >= 0.6 is 0 Å². The SMILES string of the molecule is CC(=O)Oc1ccc(C(C=O)S(=O)(=O)O)cc1. The highest BCUT2D eigenvalue weighted by Gasteiger charge is 2.24. The zero-order valence-electron chi connectivity index (χ0n) is 8.86. The molecule has 0 radical (unpaired) electrons. The lowest BCUT2D eigenvalue weighted by atomic mass is 10.1. The molecule has 0 fully saturated rings. The Morgan fingerprint density at radius 2 is 1.88 bits per heavy atom. The molecule has 0 saturated carbocycles. The molecule has 1 rings (SSSR count). The molecule has 0 saturated heterocycles. The minimum atomic E-state index is -4.48. The number of esters is 1. The van der Waals surface area contributed by atoms with E-state index in [1.807, 2.05) is 0 Å². The van der Waals surface area contributed by atoms with E-state index in [0.29, 0.717) is 0 Å². The van der Waals surface area contributed by atoms with E-state index in [4.69, 9.17) is 9.29 Å². The normalized spacial score (nSPS) is 12.8. The van der Waals surface area contributed by atoms with Gasteiger partial charge in [0.2, 0.25) is 0 Å². The summed E-state index contributed by atoms with van der Waals surface area (Å²) in [6.07, 6.45) is 0.121. The maximum absolute atomic E-state index is 10.9. The van der Waals surface area contributed by atoms with Crippen molar-refractivity contribution in [1.29, 1.82) is 0 Å². The van der Waals surface area contributed by atoms with Gasteiger partial charge in [0.1, 0.15) is 12.0 Å². The molecule has 1 atom stereocenters. The summed E-state index contributed by atoms with van der Waals surface area (Å²) in [6, 6.07) is 5.23. The Labute approximate surface area is 98.0 Å². The van der Waals surface area contributed by atoms with Gasteiger partial charge in [-0.2, -0.15) is 8.42 Å². The van der Waals surface area contributed by atoms with Crippen LogP contribution in [0.4, 0.5) is 0 Å².